The lowest BCUT2D eigenvalue weighted by molar-refractivity contribution is -0.346. The molecule has 2 heterocycles. The van der Waals surface area contributed by atoms with Crippen LogP contribution in [0.15, 0.2) is 0 Å². The summed E-state index contributed by atoms with van der Waals surface area (Å²) < 4.78 is 78.3. The maximum Gasteiger partial charge on any atom is 0.397 e. The molecule has 0 spiro atoms. The lowest BCUT2D eigenvalue weighted by atomic mass is 9.92. The smallest absolute Gasteiger partial charge is 0.397 e. The second kappa shape index (κ2) is 27.5. The minimum Gasteiger partial charge on any atom is -0.479 e. The summed E-state index contributed by atoms with van der Waals surface area (Å²) in [6.45, 7) is 6.23. The third kappa shape index (κ3) is 19.5. The van der Waals surface area contributed by atoms with Gasteiger partial charge in [-0.05, 0) is 19.8 Å². The van der Waals surface area contributed by atoms with Crippen molar-refractivity contribution in [2.24, 2.45) is 5.92 Å². The second-order valence-electron chi connectivity index (χ2n) is 13.0. The molecule has 2 amide bonds. The molecule has 0 aliphatic carbocycles. The normalized spacial score (nSPS) is 28.2. The fourth-order valence-corrected chi connectivity index (χ4v) is 5.77. The average Bonchev–Trinajstić information content (AvgIpc) is 3.14. The Balaban J connectivity index is 1.54. The summed E-state index contributed by atoms with van der Waals surface area (Å²) in [5.74, 6) is -2.85. The number of rotatable bonds is 30. The molecule has 22 nitrogen and oxygen atoms in total. The first-order valence-electron chi connectivity index (χ1n) is 18.7. The van der Waals surface area contributed by atoms with E-state index in [0.717, 1.165) is 6.42 Å². The molecule has 2 aliphatic heterocycles. The van der Waals surface area contributed by atoms with Crippen molar-refractivity contribution in [2.45, 2.75) is 108 Å². The maximum absolute atomic E-state index is 12.0. The van der Waals surface area contributed by atoms with E-state index in [-0.39, 0.29) is 31.4 Å². The monoisotopic (exact) mass is 836 g/mol. The zero-order valence-electron chi connectivity index (χ0n) is 31.8. The SMILES string of the molecule is CCOCCC(=O)NCCOCCOCCOCCC(=O)NCCCCCCOC1OC(C(=O)O)C(OC2OC(COS(=O)(=O)O)C(O)C(O)C2C)C(O)C1O. The Morgan fingerprint density at radius 1 is 0.679 bits per heavy atom. The standard InChI is InChI=1S/C33H60N2O20S/c1-3-47-13-8-24(37)35-11-15-49-17-19-50-18-16-48-14-9-23(36)34-10-6-4-5-7-12-51-33-28(41)27(40)29(30(55-33)31(42)43)54-32-21(2)25(38)26(39)22(53-32)20-52-56(44,45)46/h21-22,25-30,32-33,38-41H,3-20H2,1-2H3,(H,34,36)(H,35,37)(H,42,43)(H,44,45,46). The number of nitrogens with one attached hydrogen (secondary N) is 2. The summed E-state index contributed by atoms with van der Waals surface area (Å²) in [6.07, 6.45) is -12.0. The van der Waals surface area contributed by atoms with Gasteiger partial charge >= 0.3 is 16.4 Å². The first kappa shape index (κ1) is 49.9. The summed E-state index contributed by atoms with van der Waals surface area (Å²) in [6, 6.07) is 0. The van der Waals surface area contributed by atoms with Crippen LogP contribution >= 0.6 is 0 Å². The van der Waals surface area contributed by atoms with Crippen molar-refractivity contribution < 1.29 is 95.0 Å². The number of aliphatic hydroxyl groups excluding tert-OH is 4. The van der Waals surface area contributed by atoms with Gasteiger partial charge in [-0.15, -0.1) is 0 Å². The fraction of sp³-hybridized carbons (Fsp3) is 0.909. The first-order valence-corrected chi connectivity index (χ1v) is 20.0. The van der Waals surface area contributed by atoms with E-state index in [9.17, 15) is 48.3 Å². The number of amides is 2. The van der Waals surface area contributed by atoms with E-state index in [1.54, 1.807) is 0 Å². The Hall–Kier alpha value is -2.20. The molecule has 328 valence electrons. The molecule has 0 bridgehead atoms. The van der Waals surface area contributed by atoms with Gasteiger partial charge in [-0.1, -0.05) is 19.8 Å². The van der Waals surface area contributed by atoms with Gasteiger partial charge in [0.1, 0.15) is 30.5 Å². The molecule has 10 atom stereocenters. The van der Waals surface area contributed by atoms with Crippen LogP contribution in [0.1, 0.15) is 52.4 Å². The Kier molecular flexibility index (Phi) is 24.5. The van der Waals surface area contributed by atoms with Crippen molar-refractivity contribution in [3.63, 3.8) is 0 Å². The van der Waals surface area contributed by atoms with E-state index < -0.39 is 84.2 Å². The zero-order valence-corrected chi connectivity index (χ0v) is 32.6. The van der Waals surface area contributed by atoms with Crippen molar-refractivity contribution in [3.8, 4) is 0 Å². The van der Waals surface area contributed by atoms with Gasteiger partial charge < -0.3 is 74.1 Å². The zero-order chi connectivity index (χ0) is 41.5. The first-order chi connectivity index (χ1) is 26.7. The third-order valence-electron chi connectivity index (χ3n) is 8.61. The van der Waals surface area contributed by atoms with Crippen LogP contribution in [0.5, 0.6) is 0 Å². The molecule has 2 aliphatic rings. The van der Waals surface area contributed by atoms with Gasteiger partial charge in [-0.3, -0.25) is 14.1 Å². The summed E-state index contributed by atoms with van der Waals surface area (Å²) in [5, 5.41) is 57.4. The predicted octanol–water partition coefficient (Wildman–Crippen LogP) is -2.52. The lowest BCUT2D eigenvalue weighted by Crippen LogP contribution is -2.64. The van der Waals surface area contributed by atoms with Crippen LogP contribution in [0.4, 0.5) is 0 Å². The average molecular weight is 837 g/mol. The topological polar surface area (TPSA) is 314 Å². The second-order valence-corrected chi connectivity index (χ2v) is 14.1. The van der Waals surface area contributed by atoms with E-state index in [4.69, 9.17) is 42.4 Å². The van der Waals surface area contributed by atoms with Crippen molar-refractivity contribution >= 4 is 28.2 Å². The molecule has 2 saturated heterocycles. The van der Waals surface area contributed by atoms with Crippen LogP contribution in [-0.4, -0.2) is 191 Å². The van der Waals surface area contributed by atoms with E-state index in [2.05, 4.69) is 14.8 Å². The maximum atomic E-state index is 12.0. The number of aliphatic carboxylic acids is 1. The van der Waals surface area contributed by atoms with Crippen LogP contribution in [0.3, 0.4) is 0 Å². The molecule has 0 radical (unpaired) electrons. The number of carboxylic acid groups (broad SMARTS) is 1. The molecular weight excluding hydrogens is 776 g/mol. The van der Waals surface area contributed by atoms with Crippen LogP contribution in [0.25, 0.3) is 0 Å². The predicted molar refractivity (Wildman–Crippen MR) is 189 cm³/mol. The van der Waals surface area contributed by atoms with Gasteiger partial charge in [0.15, 0.2) is 18.7 Å². The van der Waals surface area contributed by atoms with Gasteiger partial charge in [-0.2, -0.15) is 8.42 Å². The highest BCUT2D eigenvalue weighted by Gasteiger charge is 2.52. The molecule has 23 heteroatoms. The molecule has 0 aromatic rings. The minimum absolute atomic E-state index is 0.0461. The molecule has 2 rings (SSSR count). The number of carbonyl (C=O) groups excluding carboxylic acids is 2. The number of unbranched alkanes of at least 4 members (excludes halogenated alkanes) is 3. The molecule has 56 heavy (non-hydrogen) atoms. The number of ether oxygens (including phenoxy) is 8. The largest absolute Gasteiger partial charge is 0.479 e. The van der Waals surface area contributed by atoms with E-state index >= 15 is 0 Å². The van der Waals surface area contributed by atoms with E-state index in [1.165, 1.54) is 6.92 Å². The number of carboxylic acids is 1. The highest BCUT2D eigenvalue weighted by atomic mass is 32.3. The molecule has 0 saturated carbocycles. The van der Waals surface area contributed by atoms with Gasteiger partial charge in [-0.25, -0.2) is 8.98 Å². The molecule has 10 unspecified atom stereocenters. The molecule has 8 N–H and O–H groups in total. The summed E-state index contributed by atoms with van der Waals surface area (Å²) in [4.78, 5) is 35.6. The lowest BCUT2D eigenvalue weighted by Gasteiger charge is -2.45. The van der Waals surface area contributed by atoms with Crippen molar-refractivity contribution in [3.05, 3.63) is 0 Å². The van der Waals surface area contributed by atoms with Crippen LogP contribution in [0, 0.1) is 5.92 Å². The van der Waals surface area contributed by atoms with Crippen LogP contribution in [-0.2, 0) is 66.9 Å². The molecule has 0 aromatic carbocycles. The molecule has 0 aromatic heterocycles. The Labute approximate surface area is 326 Å². The number of aliphatic hydroxyl groups is 4. The quantitative estimate of drug-likeness (QED) is 0.0273. The Morgan fingerprint density at radius 2 is 1.27 bits per heavy atom. The van der Waals surface area contributed by atoms with Crippen molar-refractivity contribution in [1.29, 1.82) is 0 Å². The Bertz CT molecular complexity index is 1230. The van der Waals surface area contributed by atoms with Crippen LogP contribution < -0.4 is 10.6 Å². The molecule has 2 fully saturated rings. The number of hydrogen-bond donors (Lipinski definition) is 8. The van der Waals surface area contributed by atoms with Gasteiger partial charge in [0.2, 0.25) is 11.8 Å². The van der Waals surface area contributed by atoms with Crippen LogP contribution in [0.2, 0.25) is 0 Å². The fourth-order valence-electron chi connectivity index (χ4n) is 5.46. The number of hydrogen-bond acceptors (Lipinski definition) is 18. The van der Waals surface area contributed by atoms with Crippen molar-refractivity contribution in [1.82, 2.24) is 10.6 Å². The summed E-state index contributed by atoms with van der Waals surface area (Å²) >= 11 is 0. The van der Waals surface area contributed by atoms with Crippen molar-refractivity contribution in [2.75, 3.05) is 79.2 Å². The molecular formula is C33H60N2O20S. The summed E-state index contributed by atoms with van der Waals surface area (Å²) in [5.41, 5.74) is 0. The minimum atomic E-state index is -4.93. The third-order valence-corrected chi connectivity index (χ3v) is 9.04. The highest BCUT2D eigenvalue weighted by Crippen LogP contribution is 2.32. The van der Waals surface area contributed by atoms with Gasteiger partial charge in [0.05, 0.1) is 59.0 Å². The van der Waals surface area contributed by atoms with Gasteiger partial charge in [0, 0.05) is 45.1 Å². The van der Waals surface area contributed by atoms with E-state index in [0.29, 0.717) is 85.0 Å². The number of carbonyl (C=O) groups is 3. The summed E-state index contributed by atoms with van der Waals surface area (Å²) in [7, 11) is -4.93. The Morgan fingerprint density at radius 3 is 1.89 bits per heavy atom. The van der Waals surface area contributed by atoms with E-state index in [1.807, 2.05) is 6.92 Å². The highest BCUT2D eigenvalue weighted by molar-refractivity contribution is 7.80. The van der Waals surface area contributed by atoms with Gasteiger partial charge in [0.25, 0.3) is 0 Å².